The van der Waals surface area contributed by atoms with Crippen LogP contribution in [0.5, 0.6) is 5.75 Å². The summed E-state index contributed by atoms with van der Waals surface area (Å²) in [5.74, 6) is 0.815. The molecule has 1 saturated heterocycles. The summed E-state index contributed by atoms with van der Waals surface area (Å²) in [7, 11) is 0. The zero-order valence-corrected chi connectivity index (χ0v) is 16.6. The van der Waals surface area contributed by atoms with Crippen LogP contribution in [0.3, 0.4) is 0 Å². The maximum atomic E-state index is 13.6. The Bertz CT molecular complexity index is 797. The third kappa shape index (κ3) is 4.09. The van der Waals surface area contributed by atoms with E-state index in [1.807, 2.05) is 36.1 Å². The number of nitrogens with zero attached hydrogens (tertiary/aromatic N) is 1. The molecule has 0 aliphatic carbocycles. The van der Waals surface area contributed by atoms with Crippen molar-refractivity contribution in [1.29, 1.82) is 0 Å². The number of piperidine rings is 1. The first-order valence-electron chi connectivity index (χ1n) is 9.93. The maximum Gasteiger partial charge on any atom is 0.254 e. The van der Waals surface area contributed by atoms with Crippen molar-refractivity contribution in [3.05, 3.63) is 41.5 Å². The predicted octanol–water partition coefficient (Wildman–Crippen LogP) is 3.09. The molecule has 1 atom stereocenters. The van der Waals surface area contributed by atoms with Crippen LogP contribution in [0.1, 0.15) is 42.6 Å². The minimum atomic E-state index is 0.0829. The summed E-state index contributed by atoms with van der Waals surface area (Å²) in [5, 5.41) is 5.51. The Morgan fingerprint density at radius 3 is 2.70 bits per heavy atom. The molecule has 0 bridgehead atoms. The summed E-state index contributed by atoms with van der Waals surface area (Å²) in [5.41, 5.74) is 7.35. The minimum Gasteiger partial charge on any atom is -0.492 e. The minimum absolute atomic E-state index is 0.0829. The van der Waals surface area contributed by atoms with E-state index in [-0.39, 0.29) is 18.0 Å². The van der Waals surface area contributed by atoms with Gasteiger partial charge in [-0.15, -0.1) is 0 Å². The van der Waals surface area contributed by atoms with Gasteiger partial charge in [0.2, 0.25) is 0 Å². The fraction of sp³-hybridized carbons (Fsp3) is 0.500. The molecule has 5 nitrogen and oxygen atoms in total. The van der Waals surface area contributed by atoms with Crippen LogP contribution in [0.15, 0.2) is 30.3 Å². The van der Waals surface area contributed by atoms with Crippen molar-refractivity contribution in [2.45, 2.75) is 45.7 Å². The quantitative estimate of drug-likeness (QED) is 0.821. The van der Waals surface area contributed by atoms with Gasteiger partial charge in [0.15, 0.2) is 0 Å². The molecule has 3 rings (SSSR count). The normalized spacial score (nSPS) is 17.3. The predicted molar refractivity (Wildman–Crippen MR) is 110 cm³/mol. The molecule has 1 amide bonds. The Kier molecular flexibility index (Phi) is 6.34. The van der Waals surface area contributed by atoms with Gasteiger partial charge in [-0.25, -0.2) is 0 Å². The van der Waals surface area contributed by atoms with E-state index in [1.54, 1.807) is 0 Å². The summed E-state index contributed by atoms with van der Waals surface area (Å²) < 4.78 is 5.89. The first-order valence-corrected chi connectivity index (χ1v) is 9.93. The number of benzene rings is 2. The van der Waals surface area contributed by atoms with Gasteiger partial charge in [0, 0.05) is 36.1 Å². The second-order valence-corrected chi connectivity index (χ2v) is 7.54. The van der Waals surface area contributed by atoms with Crippen LogP contribution < -0.4 is 15.8 Å². The van der Waals surface area contributed by atoms with E-state index in [9.17, 15) is 4.79 Å². The van der Waals surface area contributed by atoms with Gasteiger partial charge in [-0.2, -0.15) is 0 Å². The zero-order valence-electron chi connectivity index (χ0n) is 16.6. The fourth-order valence-electron chi connectivity index (χ4n) is 4.03. The molecular weight excluding hydrogens is 338 g/mol. The summed E-state index contributed by atoms with van der Waals surface area (Å²) in [4.78, 5) is 15.6. The molecule has 0 saturated carbocycles. The number of amides is 1. The Labute approximate surface area is 161 Å². The zero-order chi connectivity index (χ0) is 19.4. The lowest BCUT2D eigenvalue weighted by Gasteiger charge is -2.38. The number of nitrogens with two attached hydrogens (primary N) is 1. The van der Waals surface area contributed by atoms with Crippen molar-refractivity contribution in [3.63, 3.8) is 0 Å². The van der Waals surface area contributed by atoms with Crippen molar-refractivity contribution in [2.24, 2.45) is 5.73 Å². The number of nitrogens with one attached hydrogen (secondary N) is 1. The number of fused-ring (bicyclic) bond motifs is 1. The lowest BCUT2D eigenvalue weighted by Crippen LogP contribution is -2.51. The number of carbonyl (C=O) groups excluding carboxylic acids is 1. The smallest absolute Gasteiger partial charge is 0.254 e. The SMILES string of the molecule is Cc1c(C(=O)N(C(C)C)[C@@H]2CCCNC2)cc(OCCN)c2ccccc12. The Balaban J connectivity index is 2.05. The van der Waals surface area contributed by atoms with Gasteiger partial charge >= 0.3 is 0 Å². The third-order valence-corrected chi connectivity index (χ3v) is 5.34. The molecular formula is C22H31N3O2. The topological polar surface area (TPSA) is 67.6 Å². The van der Waals surface area contributed by atoms with Crippen molar-refractivity contribution < 1.29 is 9.53 Å². The highest BCUT2D eigenvalue weighted by molar-refractivity contribution is 6.03. The Hall–Kier alpha value is -2.11. The first kappa shape index (κ1) is 19.6. The van der Waals surface area contributed by atoms with Crippen LogP contribution in [0.25, 0.3) is 10.8 Å². The molecule has 2 aromatic carbocycles. The van der Waals surface area contributed by atoms with Crippen molar-refractivity contribution in [2.75, 3.05) is 26.2 Å². The second kappa shape index (κ2) is 8.72. The molecule has 27 heavy (non-hydrogen) atoms. The van der Waals surface area contributed by atoms with Gasteiger partial charge < -0.3 is 20.7 Å². The molecule has 1 aliphatic heterocycles. The summed E-state index contributed by atoms with van der Waals surface area (Å²) >= 11 is 0. The lowest BCUT2D eigenvalue weighted by atomic mass is 9.96. The number of hydrogen-bond acceptors (Lipinski definition) is 4. The molecule has 1 aliphatic rings. The van der Waals surface area contributed by atoms with Crippen LogP contribution in [0.2, 0.25) is 0 Å². The Morgan fingerprint density at radius 1 is 1.33 bits per heavy atom. The van der Waals surface area contributed by atoms with Crippen LogP contribution in [-0.2, 0) is 0 Å². The molecule has 0 radical (unpaired) electrons. The molecule has 146 valence electrons. The van der Waals surface area contributed by atoms with E-state index < -0.39 is 0 Å². The van der Waals surface area contributed by atoms with Crippen LogP contribution >= 0.6 is 0 Å². The van der Waals surface area contributed by atoms with Gasteiger partial charge in [0.25, 0.3) is 5.91 Å². The molecule has 0 aromatic heterocycles. The highest BCUT2D eigenvalue weighted by Crippen LogP contribution is 2.32. The molecule has 2 aromatic rings. The number of hydrogen-bond donors (Lipinski definition) is 2. The Morgan fingerprint density at radius 2 is 2.07 bits per heavy atom. The van der Waals surface area contributed by atoms with E-state index >= 15 is 0 Å². The number of ether oxygens (including phenoxy) is 1. The number of aryl methyl sites for hydroxylation is 1. The van der Waals surface area contributed by atoms with Gasteiger partial charge in [-0.3, -0.25) is 4.79 Å². The van der Waals surface area contributed by atoms with Crippen LogP contribution in [-0.4, -0.2) is 49.1 Å². The van der Waals surface area contributed by atoms with Crippen LogP contribution in [0, 0.1) is 6.92 Å². The lowest BCUT2D eigenvalue weighted by molar-refractivity contribution is 0.0572. The number of carbonyl (C=O) groups is 1. The van der Waals surface area contributed by atoms with E-state index in [0.717, 1.165) is 53.6 Å². The highest BCUT2D eigenvalue weighted by Gasteiger charge is 2.30. The van der Waals surface area contributed by atoms with E-state index in [4.69, 9.17) is 10.5 Å². The van der Waals surface area contributed by atoms with Crippen molar-refractivity contribution in [3.8, 4) is 5.75 Å². The fourth-order valence-corrected chi connectivity index (χ4v) is 4.03. The highest BCUT2D eigenvalue weighted by atomic mass is 16.5. The largest absolute Gasteiger partial charge is 0.492 e. The molecule has 3 N–H and O–H groups in total. The summed E-state index contributed by atoms with van der Waals surface area (Å²) in [6.45, 7) is 8.97. The van der Waals surface area contributed by atoms with E-state index in [0.29, 0.717) is 13.2 Å². The monoisotopic (exact) mass is 369 g/mol. The van der Waals surface area contributed by atoms with E-state index in [2.05, 4.69) is 25.2 Å². The van der Waals surface area contributed by atoms with Gasteiger partial charge in [0.05, 0.1) is 0 Å². The first-order chi connectivity index (χ1) is 13.0. The maximum absolute atomic E-state index is 13.6. The van der Waals surface area contributed by atoms with Crippen LogP contribution in [0.4, 0.5) is 0 Å². The van der Waals surface area contributed by atoms with Gasteiger partial charge in [-0.05, 0) is 57.2 Å². The average Bonchev–Trinajstić information content (AvgIpc) is 2.68. The third-order valence-electron chi connectivity index (χ3n) is 5.34. The molecule has 0 spiro atoms. The summed E-state index contributed by atoms with van der Waals surface area (Å²) in [6.07, 6.45) is 2.14. The molecule has 1 heterocycles. The average molecular weight is 370 g/mol. The summed E-state index contributed by atoms with van der Waals surface area (Å²) in [6, 6.07) is 10.4. The van der Waals surface area contributed by atoms with Crippen molar-refractivity contribution >= 4 is 16.7 Å². The standard InChI is InChI=1S/C22H31N3O2/c1-15(2)25(17-7-6-11-24-14-17)22(26)20-13-21(27-12-10-23)19-9-5-4-8-18(19)16(20)3/h4-5,8-9,13,15,17,24H,6-7,10-12,14,23H2,1-3H3/t17-/m1/s1. The molecule has 0 unspecified atom stereocenters. The molecule has 1 fully saturated rings. The van der Waals surface area contributed by atoms with Crippen molar-refractivity contribution in [1.82, 2.24) is 10.2 Å². The van der Waals surface area contributed by atoms with Gasteiger partial charge in [-0.1, -0.05) is 24.3 Å². The van der Waals surface area contributed by atoms with Gasteiger partial charge in [0.1, 0.15) is 12.4 Å². The second-order valence-electron chi connectivity index (χ2n) is 7.54. The number of rotatable bonds is 6. The molecule has 5 heteroatoms. The van der Waals surface area contributed by atoms with E-state index in [1.165, 1.54) is 0 Å².